The molecule has 7 nitrogen and oxygen atoms in total. The third-order valence-electron chi connectivity index (χ3n) is 2.62. The number of carbonyl (C=O) groups is 2. The number of pyridine rings is 2. The van der Waals surface area contributed by atoms with Crippen LogP contribution in [0, 0.1) is 0 Å². The van der Waals surface area contributed by atoms with Gasteiger partial charge in [-0.3, -0.25) is 19.6 Å². The number of hydrogen-bond donors (Lipinski definition) is 1. The van der Waals surface area contributed by atoms with E-state index in [4.69, 9.17) is 0 Å². The minimum atomic E-state index is -0.121. The zero-order valence-corrected chi connectivity index (χ0v) is 12.8. The van der Waals surface area contributed by atoms with E-state index in [9.17, 15) is 9.59 Å². The van der Waals surface area contributed by atoms with Gasteiger partial charge in [-0.25, -0.2) is 0 Å². The first-order chi connectivity index (χ1) is 11.3. The molecule has 1 N–H and O–H groups in total. The predicted octanol–water partition coefficient (Wildman–Crippen LogP) is 1.61. The highest BCUT2D eigenvalue weighted by Gasteiger charge is 2.02. The molecule has 0 bridgehead atoms. The molecule has 0 radical (unpaired) electrons. The van der Waals surface area contributed by atoms with Crippen molar-refractivity contribution in [3.05, 3.63) is 60.1 Å². The molecule has 0 unspecified atom stereocenters. The Morgan fingerprint density at radius 2 is 2.00 bits per heavy atom. The van der Waals surface area contributed by atoms with Gasteiger partial charge in [0.15, 0.2) is 5.78 Å². The van der Waals surface area contributed by atoms with Crippen LogP contribution in [0.25, 0.3) is 10.6 Å². The van der Waals surface area contributed by atoms with Gasteiger partial charge in [0, 0.05) is 35.9 Å². The second-order valence-corrected chi connectivity index (χ2v) is 4.98. The minimum Gasteiger partial charge on any atom is -0.351 e. The number of amides is 1. The molecule has 0 aliphatic carbocycles. The van der Waals surface area contributed by atoms with Crippen molar-refractivity contribution in [1.82, 2.24) is 25.5 Å². The highest BCUT2D eigenvalue weighted by atomic mass is 32.1. The van der Waals surface area contributed by atoms with Crippen molar-refractivity contribution in [3.8, 4) is 10.6 Å². The van der Waals surface area contributed by atoms with Crippen molar-refractivity contribution in [2.75, 3.05) is 6.54 Å². The Hall–Kier alpha value is -3.00. The van der Waals surface area contributed by atoms with E-state index in [1.165, 1.54) is 23.7 Å². The van der Waals surface area contributed by atoms with Gasteiger partial charge >= 0.3 is 0 Å². The highest BCUT2D eigenvalue weighted by Crippen LogP contribution is 2.17. The summed E-state index contributed by atoms with van der Waals surface area (Å²) in [6, 6.07) is 7.06. The van der Waals surface area contributed by atoms with E-state index in [1.807, 2.05) is 12.1 Å². The fraction of sp³-hybridized carbons (Fsp3) is 0.0667. The Morgan fingerprint density at radius 3 is 2.61 bits per heavy atom. The van der Waals surface area contributed by atoms with Gasteiger partial charge in [0.1, 0.15) is 10.5 Å². The molecule has 0 aliphatic rings. The summed E-state index contributed by atoms with van der Waals surface area (Å²) in [6.45, 7) is 0.0352. The zero-order valence-electron chi connectivity index (χ0n) is 12.0. The molecular formula is C15H13N5O2S. The number of nitrogens with one attached hydrogen (secondary N) is 1. The Labute approximate surface area is 136 Å². The molecule has 0 saturated heterocycles. The van der Waals surface area contributed by atoms with Gasteiger partial charge in [0.2, 0.25) is 6.41 Å². The SMILES string of the molecule is O=CNCC(=O)c1ccncc1.c1cncc(-c2nncs2)c1. The highest BCUT2D eigenvalue weighted by molar-refractivity contribution is 7.12. The molecule has 0 atom stereocenters. The first-order valence-electron chi connectivity index (χ1n) is 6.58. The van der Waals surface area contributed by atoms with Gasteiger partial charge < -0.3 is 5.32 Å². The zero-order chi connectivity index (χ0) is 16.3. The topological polar surface area (TPSA) is 97.7 Å². The Bertz CT molecular complexity index is 720. The summed E-state index contributed by atoms with van der Waals surface area (Å²) >= 11 is 1.51. The van der Waals surface area contributed by atoms with E-state index in [1.54, 1.807) is 30.0 Å². The predicted molar refractivity (Wildman–Crippen MR) is 85.8 cm³/mol. The lowest BCUT2D eigenvalue weighted by Gasteiger charge is -1.97. The third-order valence-corrected chi connectivity index (χ3v) is 3.36. The second kappa shape index (κ2) is 9.11. The maximum Gasteiger partial charge on any atom is 0.207 e. The molecule has 3 aromatic heterocycles. The molecule has 23 heavy (non-hydrogen) atoms. The first kappa shape index (κ1) is 16.4. The molecule has 0 fully saturated rings. The summed E-state index contributed by atoms with van der Waals surface area (Å²) in [4.78, 5) is 28.8. The maximum absolute atomic E-state index is 11.2. The molecule has 8 heteroatoms. The maximum atomic E-state index is 11.2. The summed E-state index contributed by atoms with van der Waals surface area (Å²) in [5.41, 5.74) is 3.29. The molecule has 0 spiro atoms. The van der Waals surface area contributed by atoms with Crippen LogP contribution < -0.4 is 5.32 Å². The normalized spacial score (nSPS) is 9.39. The molecular weight excluding hydrogens is 314 g/mol. The monoisotopic (exact) mass is 327 g/mol. The van der Waals surface area contributed by atoms with Gasteiger partial charge in [-0.1, -0.05) is 11.3 Å². The summed E-state index contributed by atoms with van der Waals surface area (Å²) in [5, 5.41) is 10.9. The lowest BCUT2D eigenvalue weighted by molar-refractivity contribution is -0.109. The van der Waals surface area contributed by atoms with Crippen LogP contribution in [0.2, 0.25) is 0 Å². The Kier molecular flexibility index (Phi) is 6.48. The van der Waals surface area contributed by atoms with Crippen molar-refractivity contribution in [1.29, 1.82) is 0 Å². The van der Waals surface area contributed by atoms with E-state index < -0.39 is 0 Å². The van der Waals surface area contributed by atoms with Crippen LogP contribution in [-0.4, -0.2) is 38.9 Å². The van der Waals surface area contributed by atoms with Gasteiger partial charge in [-0.2, -0.15) is 0 Å². The minimum absolute atomic E-state index is 0.0352. The molecule has 0 aromatic carbocycles. The number of carbonyl (C=O) groups excluding carboxylic acids is 2. The van der Waals surface area contributed by atoms with Crippen molar-refractivity contribution >= 4 is 23.5 Å². The molecule has 3 heterocycles. The lowest BCUT2D eigenvalue weighted by Crippen LogP contribution is -2.21. The van der Waals surface area contributed by atoms with Gasteiger partial charge in [-0.15, -0.1) is 10.2 Å². The summed E-state index contributed by atoms with van der Waals surface area (Å²) in [6.07, 6.45) is 7.09. The second-order valence-electron chi connectivity index (χ2n) is 4.14. The molecule has 0 saturated carbocycles. The van der Waals surface area contributed by atoms with Crippen molar-refractivity contribution in [2.24, 2.45) is 0 Å². The van der Waals surface area contributed by atoms with Gasteiger partial charge in [-0.05, 0) is 24.3 Å². The Morgan fingerprint density at radius 1 is 1.17 bits per heavy atom. The number of nitrogens with zero attached hydrogens (tertiary/aromatic N) is 4. The van der Waals surface area contributed by atoms with Crippen LogP contribution in [0.15, 0.2) is 54.6 Å². The van der Waals surface area contributed by atoms with Crippen LogP contribution in [0.3, 0.4) is 0 Å². The number of hydrogen-bond acceptors (Lipinski definition) is 7. The van der Waals surface area contributed by atoms with Crippen LogP contribution in [0.1, 0.15) is 10.4 Å². The quantitative estimate of drug-likeness (QED) is 0.565. The van der Waals surface area contributed by atoms with E-state index in [2.05, 4.69) is 25.5 Å². The van der Waals surface area contributed by atoms with Crippen LogP contribution in [0.5, 0.6) is 0 Å². The van der Waals surface area contributed by atoms with Crippen LogP contribution in [-0.2, 0) is 4.79 Å². The van der Waals surface area contributed by atoms with Crippen molar-refractivity contribution in [3.63, 3.8) is 0 Å². The third kappa shape index (κ3) is 5.36. The van der Waals surface area contributed by atoms with Crippen LogP contribution >= 0.6 is 11.3 Å². The van der Waals surface area contributed by atoms with Gasteiger partial charge in [0.25, 0.3) is 0 Å². The molecule has 1 amide bonds. The largest absolute Gasteiger partial charge is 0.351 e. The smallest absolute Gasteiger partial charge is 0.207 e. The molecule has 3 aromatic rings. The standard InChI is InChI=1S/C8H8N2O2.C7H5N3S/c11-6-10-5-8(12)7-1-3-9-4-2-7;1-2-6(4-8-3-1)7-10-9-5-11-7/h1-4,6H,5H2,(H,10,11);1-5H. The van der Waals surface area contributed by atoms with E-state index in [0.717, 1.165) is 10.6 Å². The molecule has 3 rings (SSSR count). The van der Waals surface area contributed by atoms with Crippen molar-refractivity contribution < 1.29 is 9.59 Å². The van der Waals surface area contributed by atoms with E-state index in [0.29, 0.717) is 12.0 Å². The molecule has 116 valence electrons. The Balaban J connectivity index is 0.000000167. The summed E-state index contributed by atoms with van der Waals surface area (Å²) in [5.74, 6) is -0.121. The van der Waals surface area contributed by atoms with Crippen LogP contribution in [0.4, 0.5) is 0 Å². The van der Waals surface area contributed by atoms with Crippen molar-refractivity contribution in [2.45, 2.75) is 0 Å². The van der Waals surface area contributed by atoms with E-state index >= 15 is 0 Å². The lowest BCUT2D eigenvalue weighted by atomic mass is 10.2. The van der Waals surface area contributed by atoms with E-state index in [-0.39, 0.29) is 12.3 Å². The first-order valence-corrected chi connectivity index (χ1v) is 7.46. The summed E-state index contributed by atoms with van der Waals surface area (Å²) < 4.78 is 0. The summed E-state index contributed by atoms with van der Waals surface area (Å²) in [7, 11) is 0. The average Bonchev–Trinajstić information content (AvgIpc) is 3.16. The molecule has 0 aliphatic heterocycles. The number of ketones is 1. The number of aromatic nitrogens is 4. The fourth-order valence-corrected chi connectivity index (χ4v) is 2.11. The average molecular weight is 327 g/mol. The number of Topliss-reactive ketones (excluding diaryl/α,β-unsaturated/α-hetero) is 1. The fourth-order valence-electron chi connectivity index (χ4n) is 1.56. The van der Waals surface area contributed by atoms with Gasteiger partial charge in [0.05, 0.1) is 6.54 Å². The number of rotatable bonds is 5.